The first-order chi connectivity index (χ1) is 10.3. The summed E-state index contributed by atoms with van der Waals surface area (Å²) in [5.41, 5.74) is 2.49. The van der Waals surface area contributed by atoms with Crippen LogP contribution in [0.25, 0.3) is 0 Å². The summed E-state index contributed by atoms with van der Waals surface area (Å²) in [5.74, 6) is 0.275. The maximum atomic E-state index is 10.8. The lowest BCUT2D eigenvalue weighted by molar-refractivity contribution is -0.131. The van der Waals surface area contributed by atoms with Crippen molar-refractivity contribution < 1.29 is 19.4 Å². The second kappa shape index (κ2) is 9.41. The van der Waals surface area contributed by atoms with Gasteiger partial charge in [0.25, 0.3) is 0 Å². The van der Waals surface area contributed by atoms with E-state index >= 15 is 0 Å². The molecule has 0 saturated carbocycles. The Bertz CT molecular complexity index is 658. The second-order valence-electron chi connectivity index (χ2n) is 4.98. The zero-order valence-electron chi connectivity index (χ0n) is 13.2. The molecule has 2 rings (SSSR count). The number of carbonyl (C=O) groups excluding carboxylic acids is 2. The van der Waals surface area contributed by atoms with Crippen molar-refractivity contribution >= 4 is 11.8 Å². The van der Waals surface area contributed by atoms with Crippen molar-refractivity contribution in [2.45, 2.75) is 35.1 Å². The van der Waals surface area contributed by atoms with E-state index in [-0.39, 0.29) is 24.9 Å². The molecule has 0 aliphatic rings. The Hall–Kier alpha value is -2.62. The molecule has 0 saturated heterocycles. The SMILES string of the molecule is C.CC(=O)Oc1ccc(C)cc1.CC(=O)c1ccc(C)cc1O. The molecule has 23 heavy (non-hydrogen) atoms. The van der Waals surface area contributed by atoms with Crippen LogP contribution in [0.2, 0.25) is 0 Å². The van der Waals surface area contributed by atoms with Crippen molar-refractivity contribution in [3.05, 3.63) is 59.2 Å². The lowest BCUT2D eigenvalue weighted by atomic mass is 10.1. The maximum absolute atomic E-state index is 10.8. The number of Topliss-reactive ketones (excluding diaryl/α,β-unsaturated/α-hetero) is 1. The van der Waals surface area contributed by atoms with Gasteiger partial charge in [0.05, 0.1) is 5.56 Å². The number of aromatic hydroxyl groups is 1. The zero-order valence-corrected chi connectivity index (χ0v) is 13.2. The Morgan fingerprint density at radius 3 is 1.87 bits per heavy atom. The molecule has 0 radical (unpaired) electrons. The Morgan fingerprint density at radius 2 is 1.43 bits per heavy atom. The third kappa shape index (κ3) is 7.27. The highest BCUT2D eigenvalue weighted by molar-refractivity contribution is 5.96. The summed E-state index contributed by atoms with van der Waals surface area (Å²) in [6.07, 6.45) is 0. The highest BCUT2D eigenvalue weighted by atomic mass is 16.5. The van der Waals surface area contributed by atoms with Gasteiger partial charge in [-0.15, -0.1) is 0 Å². The first-order valence-electron chi connectivity index (χ1n) is 6.85. The number of phenols is 1. The van der Waals surface area contributed by atoms with E-state index in [9.17, 15) is 14.7 Å². The molecule has 0 fully saturated rings. The van der Waals surface area contributed by atoms with Crippen LogP contribution in [0.1, 0.15) is 42.8 Å². The van der Waals surface area contributed by atoms with Crippen LogP contribution in [0.4, 0.5) is 0 Å². The van der Waals surface area contributed by atoms with Crippen molar-refractivity contribution in [3.63, 3.8) is 0 Å². The number of rotatable bonds is 2. The molecule has 0 bridgehead atoms. The number of phenolic OH excluding ortho intramolecular Hbond substituents is 1. The van der Waals surface area contributed by atoms with Crippen LogP contribution < -0.4 is 4.74 Å². The average Bonchev–Trinajstić information content (AvgIpc) is 2.41. The van der Waals surface area contributed by atoms with Gasteiger partial charge in [-0.1, -0.05) is 31.2 Å². The number of ether oxygens (including phenoxy) is 1. The molecule has 124 valence electrons. The molecule has 2 aromatic rings. The lowest BCUT2D eigenvalue weighted by Crippen LogP contribution is -2.00. The van der Waals surface area contributed by atoms with Crippen LogP contribution in [0.15, 0.2) is 42.5 Å². The smallest absolute Gasteiger partial charge is 0.308 e. The molecular weight excluding hydrogens is 292 g/mol. The highest BCUT2D eigenvalue weighted by Crippen LogP contribution is 2.18. The number of benzene rings is 2. The minimum atomic E-state index is -0.283. The summed E-state index contributed by atoms with van der Waals surface area (Å²) in [6, 6.07) is 12.4. The predicted molar refractivity (Wildman–Crippen MR) is 92.1 cm³/mol. The topological polar surface area (TPSA) is 63.6 Å². The molecule has 0 heterocycles. The highest BCUT2D eigenvalue weighted by Gasteiger charge is 2.04. The van der Waals surface area contributed by atoms with Crippen LogP contribution in [0.3, 0.4) is 0 Å². The lowest BCUT2D eigenvalue weighted by Gasteiger charge is -1.99. The van der Waals surface area contributed by atoms with Crippen molar-refractivity contribution in [2.24, 2.45) is 0 Å². The van der Waals surface area contributed by atoms with Crippen LogP contribution in [0, 0.1) is 13.8 Å². The number of hydrogen-bond acceptors (Lipinski definition) is 4. The summed E-state index contributed by atoms with van der Waals surface area (Å²) in [4.78, 5) is 21.3. The van der Waals surface area contributed by atoms with Crippen molar-refractivity contribution in [2.75, 3.05) is 0 Å². The van der Waals surface area contributed by atoms with E-state index < -0.39 is 0 Å². The molecule has 2 aromatic carbocycles. The van der Waals surface area contributed by atoms with Gasteiger partial charge >= 0.3 is 5.97 Å². The predicted octanol–water partition coefficient (Wildman–Crippen LogP) is 4.46. The van der Waals surface area contributed by atoms with Crippen LogP contribution in [0.5, 0.6) is 11.5 Å². The fourth-order valence-corrected chi connectivity index (χ4v) is 1.71. The standard InChI is InChI=1S/2C9H10O2.CH4/c1-7-3-5-9(6-4-7)11-8(2)10;1-6-3-4-8(7(2)10)9(11)5-6;/h3-6H,1-2H3;3-5,11H,1-2H3;1H4. The van der Waals surface area contributed by atoms with E-state index in [1.54, 1.807) is 30.3 Å². The van der Waals surface area contributed by atoms with Gasteiger partial charge in [-0.25, -0.2) is 0 Å². The molecule has 4 heteroatoms. The van der Waals surface area contributed by atoms with Crippen LogP contribution in [-0.4, -0.2) is 16.9 Å². The molecule has 0 aliphatic carbocycles. The zero-order chi connectivity index (χ0) is 16.7. The minimum Gasteiger partial charge on any atom is -0.507 e. The first kappa shape index (κ1) is 20.4. The normalized spacial score (nSPS) is 9.04. The summed E-state index contributed by atoms with van der Waals surface area (Å²) >= 11 is 0. The second-order valence-corrected chi connectivity index (χ2v) is 4.98. The van der Waals surface area contributed by atoms with Gasteiger partial charge in [-0.2, -0.15) is 0 Å². The Kier molecular flexibility index (Phi) is 8.34. The molecule has 1 N–H and O–H groups in total. The number of ketones is 1. The van der Waals surface area contributed by atoms with Crippen molar-refractivity contribution in [3.8, 4) is 11.5 Å². The van der Waals surface area contributed by atoms with Crippen molar-refractivity contribution in [1.82, 2.24) is 0 Å². The third-order valence-corrected chi connectivity index (χ3v) is 2.82. The molecule has 0 atom stereocenters. The maximum Gasteiger partial charge on any atom is 0.308 e. The third-order valence-electron chi connectivity index (χ3n) is 2.82. The van der Waals surface area contributed by atoms with Gasteiger partial charge in [0.2, 0.25) is 0 Å². The monoisotopic (exact) mass is 316 g/mol. The molecule has 0 amide bonds. The quantitative estimate of drug-likeness (QED) is 0.505. The Balaban J connectivity index is 0.000000403. The summed E-state index contributed by atoms with van der Waals surface area (Å²) in [5, 5.41) is 9.24. The summed E-state index contributed by atoms with van der Waals surface area (Å²) in [7, 11) is 0. The van der Waals surface area contributed by atoms with Gasteiger partial charge in [0.15, 0.2) is 5.78 Å². The van der Waals surface area contributed by atoms with E-state index in [0.717, 1.165) is 11.1 Å². The fourth-order valence-electron chi connectivity index (χ4n) is 1.71. The molecular formula is C19H24O4. The van der Waals surface area contributed by atoms with E-state index in [2.05, 4.69) is 0 Å². The Labute approximate surface area is 137 Å². The average molecular weight is 316 g/mol. The van der Waals surface area contributed by atoms with Gasteiger partial charge < -0.3 is 9.84 Å². The Morgan fingerprint density at radius 1 is 0.913 bits per heavy atom. The van der Waals surface area contributed by atoms with Gasteiger partial charge in [0, 0.05) is 6.92 Å². The molecule has 0 spiro atoms. The van der Waals surface area contributed by atoms with Gasteiger partial charge in [0.1, 0.15) is 11.5 Å². The number of carbonyl (C=O) groups is 2. The van der Waals surface area contributed by atoms with E-state index in [4.69, 9.17) is 4.74 Å². The molecule has 0 aliphatic heterocycles. The molecule has 0 unspecified atom stereocenters. The van der Waals surface area contributed by atoms with Crippen LogP contribution >= 0.6 is 0 Å². The number of esters is 1. The molecule has 0 aromatic heterocycles. The number of aryl methyl sites for hydroxylation is 2. The van der Waals surface area contributed by atoms with Crippen LogP contribution in [-0.2, 0) is 4.79 Å². The number of hydrogen-bond donors (Lipinski definition) is 1. The van der Waals surface area contributed by atoms with E-state index in [0.29, 0.717) is 11.3 Å². The van der Waals surface area contributed by atoms with Crippen molar-refractivity contribution in [1.29, 1.82) is 0 Å². The summed E-state index contributed by atoms with van der Waals surface area (Å²) < 4.78 is 4.83. The minimum absolute atomic E-state index is 0. The largest absolute Gasteiger partial charge is 0.507 e. The first-order valence-corrected chi connectivity index (χ1v) is 6.85. The molecule has 4 nitrogen and oxygen atoms in total. The van der Waals surface area contributed by atoms with Gasteiger partial charge in [-0.3, -0.25) is 9.59 Å². The van der Waals surface area contributed by atoms with E-state index in [1.165, 1.54) is 13.8 Å². The van der Waals surface area contributed by atoms with E-state index in [1.807, 2.05) is 26.0 Å². The fraction of sp³-hybridized carbons (Fsp3) is 0.263. The van der Waals surface area contributed by atoms with Gasteiger partial charge in [-0.05, 0) is 50.6 Å². The summed E-state index contributed by atoms with van der Waals surface area (Å²) in [6.45, 7) is 6.67.